The maximum Gasteiger partial charge on any atom is 0.416 e. The number of rotatable bonds is 11. The number of carbonyl (C=O) groups excluding carboxylic acids is 4. The van der Waals surface area contributed by atoms with Crippen LogP contribution in [0.5, 0.6) is 0 Å². The van der Waals surface area contributed by atoms with Crippen LogP contribution < -0.4 is 26.6 Å². The molecule has 0 saturated carbocycles. The van der Waals surface area contributed by atoms with Gasteiger partial charge in [-0.2, -0.15) is 13.2 Å². The van der Waals surface area contributed by atoms with Gasteiger partial charge in [0, 0.05) is 28.2 Å². The van der Waals surface area contributed by atoms with Gasteiger partial charge in [0.05, 0.1) is 30.3 Å². The fraction of sp³-hybridized carbons (Fsp3) is 0.125. The highest BCUT2D eigenvalue weighted by Crippen LogP contribution is 2.30. The quantitative estimate of drug-likeness (QED) is 0.128. The fourth-order valence-corrected chi connectivity index (χ4v) is 4.10. The predicted octanol–water partition coefficient (Wildman–Crippen LogP) is 4.65. The van der Waals surface area contributed by atoms with E-state index in [2.05, 4.69) is 43.1 Å². The molecule has 0 bridgehead atoms. The third-order valence-electron chi connectivity index (χ3n) is 6.49. The number of hydrogen-bond donors (Lipinski definition) is 6. The molecule has 1 aromatic heterocycles. The summed E-state index contributed by atoms with van der Waals surface area (Å²) in [4.78, 5) is 57.9. The fourth-order valence-electron chi connectivity index (χ4n) is 4.10. The van der Waals surface area contributed by atoms with E-state index >= 15 is 0 Å². The van der Waals surface area contributed by atoms with Gasteiger partial charge < -0.3 is 31.7 Å². The van der Waals surface area contributed by atoms with Crippen LogP contribution in [0, 0.1) is 6.92 Å². The van der Waals surface area contributed by atoms with Crippen LogP contribution in [0.2, 0.25) is 0 Å². The van der Waals surface area contributed by atoms with E-state index in [-0.39, 0.29) is 28.5 Å². The van der Waals surface area contributed by atoms with E-state index in [0.29, 0.717) is 16.9 Å². The second-order valence-corrected chi connectivity index (χ2v) is 9.95. The first-order chi connectivity index (χ1) is 22.4. The van der Waals surface area contributed by atoms with Crippen LogP contribution in [0.3, 0.4) is 0 Å². The molecule has 6 N–H and O–H groups in total. The number of anilines is 5. The maximum absolute atomic E-state index is 13.0. The Kier molecular flexibility index (Phi) is 10.6. The van der Waals surface area contributed by atoms with Gasteiger partial charge in [-0.3, -0.25) is 19.2 Å². The number of amides is 4. The Balaban J connectivity index is 1.38. The van der Waals surface area contributed by atoms with Gasteiger partial charge >= 0.3 is 6.18 Å². The van der Waals surface area contributed by atoms with E-state index in [0.717, 1.165) is 24.3 Å². The molecule has 4 aromatic rings. The molecular weight excluding hydrogens is 619 g/mol. The molecule has 47 heavy (non-hydrogen) atoms. The Hall–Kier alpha value is -6.09. The van der Waals surface area contributed by atoms with E-state index < -0.39 is 48.0 Å². The summed E-state index contributed by atoms with van der Waals surface area (Å²) in [6, 6.07) is 13.8. The minimum atomic E-state index is -4.60. The smallest absolute Gasteiger partial charge is 0.394 e. The molecule has 0 aliphatic heterocycles. The second-order valence-electron chi connectivity index (χ2n) is 9.95. The Morgan fingerprint density at radius 1 is 0.851 bits per heavy atom. The maximum atomic E-state index is 13.0. The lowest BCUT2D eigenvalue weighted by atomic mass is 10.1. The van der Waals surface area contributed by atoms with E-state index in [9.17, 15) is 37.5 Å². The standard InChI is InChI=1S/C32H28F3N7O5/c1-3-27(44)42-26(17-43)30(47)39-21-8-5-9-22(13-21)41-31-36-15-24(16-37-31)40-29(46)25-14-23(11-10-18(25)2)38-28(45)19-6-4-7-20(12-19)32(33,34)35/h3-16,26,43H,1,17H2,2H3,(H,38,45)(H,39,47)(H,40,46)(H,42,44)(H,36,37,41)/t26-/m1/s1. The minimum Gasteiger partial charge on any atom is -0.394 e. The monoisotopic (exact) mass is 647 g/mol. The average Bonchev–Trinajstić information content (AvgIpc) is 3.05. The molecule has 1 atom stereocenters. The predicted molar refractivity (Wildman–Crippen MR) is 168 cm³/mol. The number of aryl methyl sites for hydroxylation is 1. The van der Waals surface area contributed by atoms with Gasteiger partial charge in [-0.25, -0.2) is 9.97 Å². The zero-order chi connectivity index (χ0) is 34.1. The Bertz CT molecular complexity index is 1810. The van der Waals surface area contributed by atoms with Crippen molar-refractivity contribution in [1.29, 1.82) is 0 Å². The van der Waals surface area contributed by atoms with Gasteiger partial charge in [-0.1, -0.05) is 24.8 Å². The third-order valence-corrected chi connectivity index (χ3v) is 6.49. The third kappa shape index (κ3) is 9.21. The van der Waals surface area contributed by atoms with Gasteiger partial charge in [0.2, 0.25) is 17.8 Å². The summed E-state index contributed by atoms with van der Waals surface area (Å²) < 4.78 is 39.1. The summed E-state index contributed by atoms with van der Waals surface area (Å²) >= 11 is 0. The SMILES string of the molecule is C=CC(=O)N[C@H](CO)C(=O)Nc1cccc(Nc2ncc(NC(=O)c3cc(NC(=O)c4cccc(C(F)(F)F)c4)ccc3C)cn2)c1. The Morgan fingerprint density at radius 3 is 2.19 bits per heavy atom. The first kappa shape index (κ1) is 33.8. The van der Waals surface area contributed by atoms with Crippen molar-refractivity contribution >= 4 is 52.3 Å². The molecule has 3 aromatic carbocycles. The molecule has 4 rings (SSSR count). The van der Waals surface area contributed by atoms with Gasteiger partial charge in [-0.15, -0.1) is 0 Å². The van der Waals surface area contributed by atoms with Crippen molar-refractivity contribution < 1.29 is 37.5 Å². The number of alkyl halides is 3. The molecule has 1 heterocycles. The number of aliphatic hydroxyl groups excluding tert-OH is 1. The van der Waals surface area contributed by atoms with Crippen LogP contribution in [0.25, 0.3) is 0 Å². The summed E-state index contributed by atoms with van der Waals surface area (Å²) in [7, 11) is 0. The van der Waals surface area contributed by atoms with E-state index in [1.54, 1.807) is 37.3 Å². The van der Waals surface area contributed by atoms with Crippen molar-refractivity contribution in [3.05, 3.63) is 114 Å². The summed E-state index contributed by atoms with van der Waals surface area (Å²) in [5.41, 5.74) is 0.910. The first-order valence-corrected chi connectivity index (χ1v) is 13.8. The van der Waals surface area contributed by atoms with Crippen molar-refractivity contribution in [3.63, 3.8) is 0 Å². The average molecular weight is 648 g/mol. The number of nitrogens with zero attached hydrogens (tertiary/aromatic N) is 2. The number of carbonyl (C=O) groups is 4. The topological polar surface area (TPSA) is 174 Å². The molecule has 4 amide bonds. The molecular formula is C32H28F3N7O5. The van der Waals surface area contributed by atoms with E-state index in [1.807, 2.05) is 0 Å². The summed E-state index contributed by atoms with van der Waals surface area (Å²) in [6.07, 6.45) is -0.927. The highest BCUT2D eigenvalue weighted by molar-refractivity contribution is 6.08. The van der Waals surface area contributed by atoms with Gasteiger partial charge in [-0.05, 0) is 67.1 Å². The summed E-state index contributed by atoms with van der Waals surface area (Å²) in [6.45, 7) is 4.36. The zero-order valence-corrected chi connectivity index (χ0v) is 24.7. The normalized spacial score (nSPS) is 11.5. The molecule has 0 unspecified atom stereocenters. The van der Waals surface area contributed by atoms with Gasteiger partial charge in [0.15, 0.2) is 0 Å². The molecule has 0 spiro atoms. The number of halogens is 3. The van der Waals surface area contributed by atoms with Crippen LogP contribution >= 0.6 is 0 Å². The lowest BCUT2D eigenvalue weighted by Gasteiger charge is -2.15. The first-order valence-electron chi connectivity index (χ1n) is 13.8. The molecule has 242 valence electrons. The van der Waals surface area contributed by atoms with E-state index in [1.165, 1.54) is 30.6 Å². The van der Waals surface area contributed by atoms with Gasteiger partial charge in [0.1, 0.15) is 6.04 Å². The number of hydrogen-bond acceptors (Lipinski definition) is 8. The van der Waals surface area contributed by atoms with Crippen molar-refractivity contribution in [3.8, 4) is 0 Å². The van der Waals surface area contributed by atoms with E-state index in [4.69, 9.17) is 0 Å². The minimum absolute atomic E-state index is 0.161. The second kappa shape index (κ2) is 14.8. The lowest BCUT2D eigenvalue weighted by molar-refractivity contribution is -0.137. The number of aromatic nitrogens is 2. The molecule has 0 aliphatic carbocycles. The number of aliphatic hydroxyl groups is 1. The summed E-state index contributed by atoms with van der Waals surface area (Å²) in [5, 5.41) is 22.5. The highest BCUT2D eigenvalue weighted by Gasteiger charge is 2.31. The van der Waals surface area contributed by atoms with Gasteiger partial charge in [0.25, 0.3) is 11.8 Å². The van der Waals surface area contributed by atoms with Crippen LogP contribution in [0.15, 0.2) is 91.8 Å². The van der Waals surface area contributed by atoms with Crippen molar-refractivity contribution in [2.75, 3.05) is 27.9 Å². The van der Waals surface area contributed by atoms with Crippen molar-refractivity contribution in [2.45, 2.75) is 19.1 Å². The largest absolute Gasteiger partial charge is 0.416 e. The molecule has 12 nitrogen and oxygen atoms in total. The molecule has 0 saturated heterocycles. The van der Waals surface area contributed by atoms with Crippen LogP contribution in [-0.2, 0) is 15.8 Å². The van der Waals surface area contributed by atoms with Crippen LogP contribution in [-0.4, -0.2) is 51.4 Å². The number of nitrogens with one attached hydrogen (secondary N) is 5. The molecule has 15 heteroatoms. The Morgan fingerprint density at radius 2 is 1.51 bits per heavy atom. The Labute approximate surface area is 266 Å². The number of benzene rings is 3. The lowest BCUT2D eigenvalue weighted by Crippen LogP contribution is -2.45. The molecule has 0 fully saturated rings. The van der Waals surface area contributed by atoms with Crippen LogP contribution in [0.1, 0.15) is 31.8 Å². The van der Waals surface area contributed by atoms with Crippen molar-refractivity contribution in [1.82, 2.24) is 15.3 Å². The zero-order valence-electron chi connectivity index (χ0n) is 24.7. The highest BCUT2D eigenvalue weighted by atomic mass is 19.4. The van der Waals surface area contributed by atoms with Crippen LogP contribution in [0.4, 0.5) is 41.9 Å². The summed E-state index contributed by atoms with van der Waals surface area (Å²) in [5.74, 6) is -2.42. The van der Waals surface area contributed by atoms with Crippen molar-refractivity contribution in [2.24, 2.45) is 0 Å². The molecule has 0 radical (unpaired) electrons. The molecule has 0 aliphatic rings.